The molecule has 164 valence electrons. The van der Waals surface area contributed by atoms with Crippen LogP contribution in [0.3, 0.4) is 0 Å². The van der Waals surface area contributed by atoms with Crippen molar-refractivity contribution < 1.29 is 19.0 Å². The van der Waals surface area contributed by atoms with Gasteiger partial charge in [-0.25, -0.2) is 4.79 Å². The number of rotatable bonds is 8. The fourth-order valence-electron chi connectivity index (χ4n) is 4.54. The molecule has 1 amide bonds. The van der Waals surface area contributed by atoms with Crippen LogP contribution in [0, 0.1) is 12.3 Å². The van der Waals surface area contributed by atoms with Crippen molar-refractivity contribution in [2.75, 3.05) is 13.7 Å². The largest absolute Gasteiger partial charge is 0.493 e. The van der Waals surface area contributed by atoms with E-state index >= 15 is 0 Å². The number of terminal acetylenes is 1. The molecule has 0 aliphatic heterocycles. The maximum Gasteiger partial charge on any atom is 0.407 e. The number of unbranched alkanes of at least 4 members (excludes halogenated alkanes) is 1. The highest BCUT2D eigenvalue weighted by Gasteiger charge is 2.36. The Balaban J connectivity index is 1.65. The van der Waals surface area contributed by atoms with Gasteiger partial charge >= 0.3 is 6.09 Å². The van der Waals surface area contributed by atoms with Crippen LogP contribution in [0.4, 0.5) is 4.79 Å². The molecule has 2 aliphatic rings. The lowest BCUT2D eigenvalue weighted by molar-refractivity contribution is 0.136. The minimum absolute atomic E-state index is 0.105. The van der Waals surface area contributed by atoms with E-state index in [4.69, 9.17) is 20.6 Å². The number of carbonyl (C=O) groups is 1. The Hall–Kier alpha value is -2.35. The quantitative estimate of drug-likeness (QED) is 0.461. The van der Waals surface area contributed by atoms with Gasteiger partial charge < -0.3 is 19.5 Å². The van der Waals surface area contributed by atoms with E-state index in [1.54, 1.807) is 7.11 Å². The summed E-state index contributed by atoms with van der Waals surface area (Å²) in [4.78, 5) is 12.0. The standard InChI is InChI=1S/C25H35NO4/c1-4-6-17-29-24(27)26-20-13-15-25(5-2,16-14-20)19-11-12-22(28-3)23(18-19)30-21-9-7-8-10-21/h2,11-12,18,20-21H,4,6-10,13-17H2,1,3H3,(H,26,27). The third-order valence-electron chi connectivity index (χ3n) is 6.48. The summed E-state index contributed by atoms with van der Waals surface area (Å²) >= 11 is 0. The first kappa shape index (κ1) is 22.3. The number of hydrogen-bond acceptors (Lipinski definition) is 4. The van der Waals surface area contributed by atoms with E-state index in [1.807, 2.05) is 6.07 Å². The fourth-order valence-corrected chi connectivity index (χ4v) is 4.54. The Bertz CT molecular complexity index is 740. The molecule has 1 aromatic carbocycles. The van der Waals surface area contributed by atoms with E-state index in [-0.39, 0.29) is 23.7 Å². The molecule has 2 fully saturated rings. The van der Waals surface area contributed by atoms with Crippen molar-refractivity contribution in [1.29, 1.82) is 0 Å². The summed E-state index contributed by atoms with van der Waals surface area (Å²) < 4.78 is 17.0. The van der Waals surface area contributed by atoms with E-state index in [0.717, 1.165) is 68.4 Å². The van der Waals surface area contributed by atoms with Crippen LogP contribution in [-0.4, -0.2) is 32.0 Å². The molecule has 2 aliphatic carbocycles. The van der Waals surface area contributed by atoms with Crippen molar-refractivity contribution in [3.05, 3.63) is 23.8 Å². The van der Waals surface area contributed by atoms with E-state index in [1.165, 1.54) is 12.8 Å². The third kappa shape index (κ3) is 5.41. The minimum Gasteiger partial charge on any atom is -0.493 e. The SMILES string of the molecule is C#CC1(c2ccc(OC)c(OC3CCCC3)c2)CCC(NC(=O)OCCCC)CC1. The van der Waals surface area contributed by atoms with Gasteiger partial charge in [-0.15, -0.1) is 6.42 Å². The average molecular weight is 414 g/mol. The lowest BCUT2D eigenvalue weighted by Gasteiger charge is -2.37. The summed E-state index contributed by atoms with van der Waals surface area (Å²) in [5, 5.41) is 2.99. The average Bonchev–Trinajstić information content (AvgIpc) is 3.28. The summed E-state index contributed by atoms with van der Waals surface area (Å²) in [5.41, 5.74) is 0.757. The van der Waals surface area contributed by atoms with E-state index < -0.39 is 0 Å². The number of ether oxygens (including phenoxy) is 3. The molecule has 0 bridgehead atoms. The summed E-state index contributed by atoms with van der Waals surface area (Å²) in [5.74, 6) is 4.61. The van der Waals surface area contributed by atoms with Gasteiger partial charge in [0.05, 0.1) is 25.2 Å². The van der Waals surface area contributed by atoms with Crippen molar-refractivity contribution in [2.24, 2.45) is 0 Å². The van der Waals surface area contributed by atoms with Crippen LogP contribution in [0.15, 0.2) is 18.2 Å². The zero-order chi connectivity index (χ0) is 21.4. The normalized spacial score (nSPS) is 24.1. The van der Waals surface area contributed by atoms with Gasteiger partial charge in [-0.1, -0.05) is 25.3 Å². The molecule has 0 aromatic heterocycles. The molecule has 0 unspecified atom stereocenters. The van der Waals surface area contributed by atoms with Crippen LogP contribution in [0.5, 0.6) is 11.5 Å². The van der Waals surface area contributed by atoms with Crippen LogP contribution in [0.25, 0.3) is 0 Å². The molecule has 2 saturated carbocycles. The monoisotopic (exact) mass is 413 g/mol. The molecule has 0 heterocycles. The molecule has 5 heteroatoms. The summed E-state index contributed by atoms with van der Waals surface area (Å²) in [6.45, 7) is 2.55. The van der Waals surface area contributed by atoms with Gasteiger partial charge in [-0.05, 0) is 75.5 Å². The van der Waals surface area contributed by atoms with Crippen LogP contribution in [-0.2, 0) is 10.2 Å². The maximum absolute atomic E-state index is 12.0. The first-order chi connectivity index (χ1) is 14.6. The molecule has 5 nitrogen and oxygen atoms in total. The van der Waals surface area contributed by atoms with Gasteiger partial charge in [0.2, 0.25) is 0 Å². The van der Waals surface area contributed by atoms with Crippen LogP contribution in [0.1, 0.15) is 76.7 Å². The molecule has 3 rings (SSSR count). The predicted molar refractivity (Wildman–Crippen MR) is 118 cm³/mol. The Kier molecular flexibility index (Phi) is 7.90. The van der Waals surface area contributed by atoms with Crippen molar-refractivity contribution in [1.82, 2.24) is 5.32 Å². The van der Waals surface area contributed by atoms with Crippen LogP contribution >= 0.6 is 0 Å². The fraction of sp³-hybridized carbons (Fsp3) is 0.640. The molecule has 0 spiro atoms. The number of amides is 1. The molecule has 0 radical (unpaired) electrons. The lowest BCUT2D eigenvalue weighted by atomic mass is 9.69. The Morgan fingerprint density at radius 2 is 1.93 bits per heavy atom. The molecule has 0 saturated heterocycles. The summed E-state index contributed by atoms with van der Waals surface area (Å²) in [6.07, 6.45) is 15.8. The first-order valence-corrected chi connectivity index (χ1v) is 11.4. The van der Waals surface area contributed by atoms with Crippen molar-refractivity contribution in [3.8, 4) is 23.8 Å². The number of benzene rings is 1. The third-order valence-corrected chi connectivity index (χ3v) is 6.48. The Morgan fingerprint density at radius 3 is 2.57 bits per heavy atom. The molecule has 30 heavy (non-hydrogen) atoms. The summed E-state index contributed by atoms with van der Waals surface area (Å²) in [6, 6.07) is 6.21. The minimum atomic E-state index is -0.343. The van der Waals surface area contributed by atoms with Crippen LogP contribution < -0.4 is 14.8 Å². The van der Waals surface area contributed by atoms with Crippen molar-refractivity contribution in [2.45, 2.75) is 88.7 Å². The predicted octanol–water partition coefficient (Wildman–Crippen LogP) is 5.36. The lowest BCUT2D eigenvalue weighted by Crippen LogP contribution is -2.42. The maximum atomic E-state index is 12.0. The van der Waals surface area contributed by atoms with Gasteiger partial charge in [0.25, 0.3) is 0 Å². The molecule has 0 atom stereocenters. The number of alkyl carbamates (subject to hydrolysis) is 1. The van der Waals surface area contributed by atoms with Gasteiger partial charge in [-0.3, -0.25) is 0 Å². The molecule has 1 N–H and O–H groups in total. The second kappa shape index (κ2) is 10.6. The van der Waals surface area contributed by atoms with Gasteiger partial charge in [0.15, 0.2) is 11.5 Å². The van der Waals surface area contributed by atoms with Crippen molar-refractivity contribution in [3.63, 3.8) is 0 Å². The Labute approximate surface area is 180 Å². The zero-order valence-corrected chi connectivity index (χ0v) is 18.4. The van der Waals surface area contributed by atoms with Crippen LogP contribution in [0.2, 0.25) is 0 Å². The first-order valence-electron chi connectivity index (χ1n) is 11.4. The van der Waals surface area contributed by atoms with Gasteiger partial charge in [-0.2, -0.15) is 0 Å². The molecular weight excluding hydrogens is 378 g/mol. The summed E-state index contributed by atoms with van der Waals surface area (Å²) in [7, 11) is 1.67. The van der Waals surface area contributed by atoms with Gasteiger partial charge in [0.1, 0.15) is 0 Å². The number of methoxy groups -OCH3 is 1. The highest BCUT2D eigenvalue weighted by atomic mass is 16.5. The molecular formula is C25H35NO4. The van der Waals surface area contributed by atoms with Crippen molar-refractivity contribution >= 4 is 6.09 Å². The topological polar surface area (TPSA) is 56.8 Å². The van der Waals surface area contributed by atoms with E-state index in [9.17, 15) is 4.79 Å². The van der Waals surface area contributed by atoms with E-state index in [0.29, 0.717) is 6.61 Å². The second-order valence-corrected chi connectivity index (χ2v) is 8.52. The van der Waals surface area contributed by atoms with E-state index in [2.05, 4.69) is 30.3 Å². The smallest absolute Gasteiger partial charge is 0.407 e. The zero-order valence-electron chi connectivity index (χ0n) is 18.4. The number of nitrogens with one attached hydrogen (secondary N) is 1. The molecule has 1 aromatic rings. The Morgan fingerprint density at radius 1 is 1.20 bits per heavy atom. The second-order valence-electron chi connectivity index (χ2n) is 8.52. The number of hydrogen-bond donors (Lipinski definition) is 1. The number of carbonyl (C=O) groups excluding carboxylic acids is 1. The highest BCUT2D eigenvalue weighted by Crippen LogP contribution is 2.42. The van der Waals surface area contributed by atoms with Gasteiger partial charge in [0, 0.05) is 6.04 Å². The highest BCUT2D eigenvalue weighted by molar-refractivity contribution is 5.67.